The summed E-state index contributed by atoms with van der Waals surface area (Å²) in [7, 11) is 0. The van der Waals surface area contributed by atoms with E-state index in [1.165, 1.54) is 11.5 Å². The molecule has 0 bridgehead atoms. The van der Waals surface area contributed by atoms with Gasteiger partial charge in [0.2, 0.25) is 0 Å². The second-order valence-electron chi connectivity index (χ2n) is 5.02. The standard InChI is InChI=1S/C15H21BrFNS2/c1-3-18-14(15-10(2)19-6-7-20-15)8-11-4-5-12(16)9-13(11)17/h4-5,9-10,14-15,18H,3,6-8H2,1-2H3. The van der Waals surface area contributed by atoms with E-state index in [9.17, 15) is 4.39 Å². The predicted molar refractivity (Wildman–Crippen MR) is 93.4 cm³/mol. The number of rotatable bonds is 5. The Labute approximate surface area is 138 Å². The molecule has 0 amide bonds. The van der Waals surface area contributed by atoms with Crippen LogP contribution in [0.3, 0.4) is 0 Å². The summed E-state index contributed by atoms with van der Waals surface area (Å²) >= 11 is 7.38. The number of thioether (sulfide) groups is 2. The molecule has 2 rings (SSSR count). The van der Waals surface area contributed by atoms with Crippen LogP contribution in [0.1, 0.15) is 19.4 Å². The molecule has 3 atom stereocenters. The monoisotopic (exact) mass is 377 g/mol. The van der Waals surface area contributed by atoms with Gasteiger partial charge in [0.25, 0.3) is 0 Å². The Morgan fingerprint density at radius 2 is 2.15 bits per heavy atom. The van der Waals surface area contributed by atoms with Crippen LogP contribution in [-0.2, 0) is 6.42 Å². The summed E-state index contributed by atoms with van der Waals surface area (Å²) in [6.45, 7) is 5.34. The molecule has 3 unspecified atom stereocenters. The van der Waals surface area contributed by atoms with Crippen LogP contribution in [0.15, 0.2) is 22.7 Å². The maximum absolute atomic E-state index is 14.0. The molecule has 112 valence electrons. The molecule has 5 heteroatoms. The van der Waals surface area contributed by atoms with E-state index in [0.29, 0.717) is 16.5 Å². The third-order valence-electron chi connectivity index (χ3n) is 3.55. The van der Waals surface area contributed by atoms with Crippen LogP contribution in [0, 0.1) is 5.82 Å². The average molecular weight is 378 g/mol. The van der Waals surface area contributed by atoms with Gasteiger partial charge >= 0.3 is 0 Å². The molecule has 1 saturated heterocycles. The summed E-state index contributed by atoms with van der Waals surface area (Å²) in [5, 5.41) is 4.73. The van der Waals surface area contributed by atoms with Crippen molar-refractivity contribution in [3.05, 3.63) is 34.1 Å². The number of hydrogen-bond acceptors (Lipinski definition) is 3. The van der Waals surface area contributed by atoms with Crippen molar-refractivity contribution in [2.24, 2.45) is 0 Å². The highest BCUT2D eigenvalue weighted by atomic mass is 79.9. The van der Waals surface area contributed by atoms with Gasteiger partial charge in [-0.2, -0.15) is 23.5 Å². The predicted octanol–water partition coefficient (Wildman–Crippen LogP) is 4.35. The van der Waals surface area contributed by atoms with Crippen LogP contribution in [0.2, 0.25) is 0 Å². The Morgan fingerprint density at radius 1 is 1.40 bits per heavy atom. The summed E-state index contributed by atoms with van der Waals surface area (Å²) in [6.07, 6.45) is 0.759. The van der Waals surface area contributed by atoms with Crippen LogP contribution in [0.4, 0.5) is 4.39 Å². The lowest BCUT2D eigenvalue weighted by Gasteiger charge is -2.35. The molecule has 0 saturated carbocycles. The van der Waals surface area contributed by atoms with E-state index in [-0.39, 0.29) is 5.82 Å². The van der Waals surface area contributed by atoms with Gasteiger partial charge in [-0.25, -0.2) is 4.39 Å². The molecule has 0 aromatic heterocycles. The lowest BCUT2D eigenvalue weighted by atomic mass is 10.0. The first-order chi connectivity index (χ1) is 9.61. The van der Waals surface area contributed by atoms with Gasteiger partial charge < -0.3 is 5.32 Å². The molecule has 1 aromatic rings. The SMILES string of the molecule is CCNC(Cc1ccc(Br)cc1F)C1SCCSC1C. The van der Waals surface area contributed by atoms with E-state index in [0.717, 1.165) is 23.0 Å². The first kappa shape index (κ1) is 16.7. The highest BCUT2D eigenvalue weighted by Crippen LogP contribution is 2.34. The van der Waals surface area contributed by atoms with Gasteiger partial charge in [0.15, 0.2) is 0 Å². The van der Waals surface area contributed by atoms with Crippen LogP contribution in [0.25, 0.3) is 0 Å². The zero-order chi connectivity index (χ0) is 14.5. The maximum atomic E-state index is 14.0. The minimum absolute atomic E-state index is 0.108. The fourth-order valence-electron chi connectivity index (χ4n) is 2.58. The number of nitrogens with one attached hydrogen (secondary N) is 1. The van der Waals surface area contributed by atoms with Gasteiger partial charge in [0.05, 0.1) is 0 Å². The van der Waals surface area contributed by atoms with Gasteiger partial charge in [-0.1, -0.05) is 35.8 Å². The molecule has 1 aliphatic heterocycles. The van der Waals surface area contributed by atoms with E-state index in [1.54, 1.807) is 6.07 Å². The van der Waals surface area contributed by atoms with E-state index in [2.05, 4.69) is 35.1 Å². The quantitative estimate of drug-likeness (QED) is 0.818. The topological polar surface area (TPSA) is 12.0 Å². The zero-order valence-electron chi connectivity index (χ0n) is 11.9. The zero-order valence-corrected chi connectivity index (χ0v) is 15.1. The molecule has 20 heavy (non-hydrogen) atoms. The number of benzene rings is 1. The first-order valence-electron chi connectivity index (χ1n) is 7.02. The van der Waals surface area contributed by atoms with Crippen molar-refractivity contribution in [3.63, 3.8) is 0 Å². The molecular weight excluding hydrogens is 357 g/mol. The molecule has 0 spiro atoms. The van der Waals surface area contributed by atoms with Crippen molar-refractivity contribution in [2.75, 3.05) is 18.1 Å². The van der Waals surface area contributed by atoms with E-state index in [4.69, 9.17) is 0 Å². The van der Waals surface area contributed by atoms with Gasteiger partial charge in [-0.3, -0.25) is 0 Å². The van der Waals surface area contributed by atoms with Crippen molar-refractivity contribution in [3.8, 4) is 0 Å². The maximum Gasteiger partial charge on any atom is 0.127 e. The van der Waals surface area contributed by atoms with Gasteiger partial charge in [-0.05, 0) is 30.7 Å². The van der Waals surface area contributed by atoms with Crippen molar-refractivity contribution >= 4 is 39.5 Å². The normalized spacial score (nSPS) is 24.6. The van der Waals surface area contributed by atoms with E-state index >= 15 is 0 Å². The Hall–Kier alpha value is 0.290. The summed E-state index contributed by atoms with van der Waals surface area (Å²) < 4.78 is 14.8. The number of hydrogen-bond donors (Lipinski definition) is 1. The molecule has 0 radical (unpaired) electrons. The Bertz CT molecular complexity index is 444. The van der Waals surface area contributed by atoms with Gasteiger partial charge in [-0.15, -0.1) is 0 Å². The third kappa shape index (κ3) is 4.39. The Balaban J connectivity index is 2.11. The van der Waals surface area contributed by atoms with Crippen LogP contribution >= 0.6 is 39.5 Å². The van der Waals surface area contributed by atoms with Crippen LogP contribution in [0.5, 0.6) is 0 Å². The highest BCUT2D eigenvalue weighted by Gasteiger charge is 2.30. The summed E-state index contributed by atoms with van der Waals surface area (Å²) in [5.41, 5.74) is 0.808. The summed E-state index contributed by atoms with van der Waals surface area (Å²) in [6, 6.07) is 5.72. The molecule has 1 nitrogen and oxygen atoms in total. The number of likely N-dealkylation sites (N-methyl/N-ethyl adjacent to an activating group) is 1. The van der Waals surface area contributed by atoms with Crippen molar-refractivity contribution in [1.82, 2.24) is 5.32 Å². The molecule has 1 aromatic carbocycles. The minimum Gasteiger partial charge on any atom is -0.313 e. The smallest absolute Gasteiger partial charge is 0.127 e. The van der Waals surface area contributed by atoms with Crippen molar-refractivity contribution in [2.45, 2.75) is 36.8 Å². The van der Waals surface area contributed by atoms with Crippen molar-refractivity contribution in [1.29, 1.82) is 0 Å². The third-order valence-corrected chi connectivity index (χ3v) is 7.30. The molecule has 0 aliphatic carbocycles. The molecule has 1 heterocycles. The van der Waals surface area contributed by atoms with E-state index < -0.39 is 0 Å². The lowest BCUT2D eigenvalue weighted by Crippen LogP contribution is -2.45. The fourth-order valence-corrected chi connectivity index (χ4v) is 5.88. The van der Waals surface area contributed by atoms with Crippen LogP contribution < -0.4 is 5.32 Å². The fraction of sp³-hybridized carbons (Fsp3) is 0.600. The molecule has 1 N–H and O–H groups in total. The summed E-state index contributed by atoms with van der Waals surface area (Å²) in [4.78, 5) is 0. The largest absolute Gasteiger partial charge is 0.313 e. The Kier molecular flexibility index (Phi) is 6.72. The highest BCUT2D eigenvalue weighted by molar-refractivity contribution is 9.10. The molecular formula is C15H21BrFNS2. The minimum atomic E-state index is -0.108. The van der Waals surface area contributed by atoms with E-state index in [1.807, 2.05) is 35.7 Å². The van der Waals surface area contributed by atoms with Gasteiger partial charge in [0.1, 0.15) is 5.82 Å². The molecule has 1 aliphatic rings. The second-order valence-corrected chi connectivity index (χ2v) is 8.70. The van der Waals surface area contributed by atoms with Crippen LogP contribution in [-0.4, -0.2) is 34.6 Å². The molecule has 1 fully saturated rings. The first-order valence-corrected chi connectivity index (χ1v) is 9.91. The second kappa shape index (κ2) is 8.06. The Morgan fingerprint density at radius 3 is 2.80 bits per heavy atom. The average Bonchev–Trinajstić information content (AvgIpc) is 2.42. The van der Waals surface area contributed by atoms with Gasteiger partial charge in [0, 0.05) is 32.5 Å². The lowest BCUT2D eigenvalue weighted by molar-refractivity contribution is 0.488. The number of halogens is 2. The summed E-state index contributed by atoms with van der Waals surface area (Å²) in [5.74, 6) is 2.32. The van der Waals surface area contributed by atoms with Crippen molar-refractivity contribution < 1.29 is 4.39 Å².